The Bertz CT molecular complexity index is 1360. The number of nitro groups is 1. The maximum Gasteiger partial charge on any atom is 0.311 e. The van der Waals surface area contributed by atoms with E-state index in [2.05, 4.69) is 10.7 Å². The molecule has 11 heteroatoms. The lowest BCUT2D eigenvalue weighted by Gasteiger charge is -2.23. The van der Waals surface area contributed by atoms with Crippen LogP contribution in [0.4, 0.5) is 11.4 Å². The first-order chi connectivity index (χ1) is 18.7. The van der Waals surface area contributed by atoms with Crippen LogP contribution in [0.2, 0.25) is 0 Å². The predicted molar refractivity (Wildman–Crippen MR) is 140 cm³/mol. The van der Waals surface area contributed by atoms with E-state index in [0.717, 1.165) is 16.1 Å². The molecule has 1 fully saturated rings. The highest BCUT2D eigenvalue weighted by molar-refractivity contribution is 5.94. The van der Waals surface area contributed by atoms with Crippen molar-refractivity contribution in [2.75, 3.05) is 18.5 Å². The first-order valence-electron chi connectivity index (χ1n) is 12.1. The van der Waals surface area contributed by atoms with Crippen molar-refractivity contribution in [3.05, 3.63) is 106 Å². The molecule has 1 aliphatic heterocycles. The molecule has 2 N–H and O–H groups in total. The van der Waals surface area contributed by atoms with Crippen LogP contribution in [0.1, 0.15) is 29.0 Å². The molecule has 0 unspecified atom stereocenters. The molecule has 39 heavy (non-hydrogen) atoms. The van der Waals surface area contributed by atoms with Gasteiger partial charge in [-0.05, 0) is 24.1 Å². The van der Waals surface area contributed by atoms with Gasteiger partial charge in [0, 0.05) is 23.7 Å². The third-order valence-corrected chi connectivity index (χ3v) is 6.27. The van der Waals surface area contributed by atoms with Crippen LogP contribution in [0, 0.1) is 23.0 Å². The van der Waals surface area contributed by atoms with Gasteiger partial charge in [0.25, 0.3) is 17.5 Å². The quantitative estimate of drug-likeness (QED) is 0.245. The monoisotopic (exact) mass is 530 g/mol. The van der Waals surface area contributed by atoms with Crippen LogP contribution in [0.5, 0.6) is 0 Å². The molecule has 0 saturated carbocycles. The zero-order valence-corrected chi connectivity index (χ0v) is 21.0. The number of benzene rings is 3. The van der Waals surface area contributed by atoms with Gasteiger partial charge in [-0.2, -0.15) is 0 Å². The lowest BCUT2D eigenvalue weighted by Crippen LogP contribution is -2.45. The Morgan fingerprint density at radius 1 is 1.03 bits per heavy atom. The second-order valence-corrected chi connectivity index (χ2v) is 9.05. The van der Waals surface area contributed by atoms with E-state index < -0.39 is 47.1 Å². The highest BCUT2D eigenvalue weighted by atomic mass is 16.6. The number of hydrazine groups is 1. The first kappa shape index (κ1) is 27.0. The van der Waals surface area contributed by atoms with Crippen molar-refractivity contribution < 1.29 is 28.8 Å². The average Bonchev–Trinajstić information content (AvgIpc) is 3.29. The van der Waals surface area contributed by atoms with Gasteiger partial charge in [0.15, 0.2) is 6.61 Å². The van der Waals surface area contributed by atoms with Crippen LogP contribution in [0.15, 0.2) is 78.9 Å². The summed E-state index contributed by atoms with van der Waals surface area (Å²) in [6.45, 7) is 0.830. The van der Waals surface area contributed by atoms with Gasteiger partial charge in [-0.25, -0.2) is 0 Å². The van der Waals surface area contributed by atoms with Crippen LogP contribution < -0.4 is 10.7 Å². The molecule has 1 atom stereocenters. The summed E-state index contributed by atoms with van der Waals surface area (Å²) in [5, 5.41) is 14.6. The molecule has 200 valence electrons. The molecule has 11 nitrogen and oxygen atoms in total. The Kier molecular flexibility index (Phi) is 8.30. The summed E-state index contributed by atoms with van der Waals surface area (Å²) >= 11 is 0. The Balaban J connectivity index is 1.34. The lowest BCUT2D eigenvalue weighted by atomic mass is 9.91. The van der Waals surface area contributed by atoms with E-state index in [0.29, 0.717) is 5.56 Å². The number of nitrogens with one attached hydrogen (secondary N) is 2. The fourth-order valence-corrected chi connectivity index (χ4v) is 4.29. The summed E-state index contributed by atoms with van der Waals surface area (Å²) in [5.41, 5.74) is 4.58. The number of carbonyl (C=O) groups excluding carboxylic acids is 4. The number of rotatable bonds is 9. The molecule has 0 aliphatic carbocycles. The van der Waals surface area contributed by atoms with E-state index in [4.69, 9.17) is 4.74 Å². The number of esters is 1. The fourth-order valence-electron chi connectivity index (χ4n) is 4.29. The Hall–Kier alpha value is -5.06. The Labute approximate surface area is 223 Å². The predicted octanol–water partition coefficient (Wildman–Crippen LogP) is 3.10. The van der Waals surface area contributed by atoms with E-state index in [9.17, 15) is 29.3 Å². The average molecular weight is 531 g/mol. The maximum atomic E-state index is 13.3. The van der Waals surface area contributed by atoms with Gasteiger partial charge in [-0.1, -0.05) is 66.7 Å². The second-order valence-electron chi connectivity index (χ2n) is 9.05. The van der Waals surface area contributed by atoms with Crippen LogP contribution >= 0.6 is 0 Å². The molecule has 0 bridgehead atoms. The summed E-state index contributed by atoms with van der Waals surface area (Å²) in [4.78, 5) is 61.2. The lowest BCUT2D eigenvalue weighted by molar-refractivity contribution is -0.385. The summed E-state index contributed by atoms with van der Waals surface area (Å²) in [6, 6.07) is 22.5. The number of aryl methyl sites for hydroxylation is 1. The Morgan fingerprint density at radius 3 is 2.23 bits per heavy atom. The number of nitrogens with zero attached hydrogens (tertiary/aromatic N) is 2. The maximum absolute atomic E-state index is 13.3. The van der Waals surface area contributed by atoms with E-state index in [-0.39, 0.29) is 24.3 Å². The van der Waals surface area contributed by atoms with E-state index in [1.54, 1.807) is 6.92 Å². The molecule has 1 aliphatic rings. The summed E-state index contributed by atoms with van der Waals surface area (Å²) < 4.78 is 5.07. The zero-order valence-electron chi connectivity index (χ0n) is 21.0. The number of hydrogen-bond donors (Lipinski definition) is 2. The molecule has 3 aromatic rings. The number of nitro benzene ring substituents is 1. The number of hydrogen-bond acceptors (Lipinski definition) is 7. The van der Waals surface area contributed by atoms with Crippen molar-refractivity contribution in [1.29, 1.82) is 0 Å². The van der Waals surface area contributed by atoms with E-state index in [1.807, 2.05) is 60.7 Å². The number of amides is 3. The van der Waals surface area contributed by atoms with Crippen molar-refractivity contribution >= 4 is 35.1 Å². The molecule has 0 radical (unpaired) electrons. The largest absolute Gasteiger partial charge is 0.455 e. The smallest absolute Gasteiger partial charge is 0.311 e. The van der Waals surface area contributed by atoms with Gasteiger partial charge in [0.05, 0.1) is 23.3 Å². The second kappa shape index (κ2) is 12.0. The molecular formula is C28H26N4O7. The third-order valence-electron chi connectivity index (χ3n) is 6.27. The molecule has 4 rings (SSSR count). The minimum Gasteiger partial charge on any atom is -0.455 e. The third kappa shape index (κ3) is 6.63. The molecule has 1 heterocycles. The van der Waals surface area contributed by atoms with Crippen LogP contribution in [0.3, 0.4) is 0 Å². The van der Waals surface area contributed by atoms with Crippen LogP contribution in [-0.4, -0.2) is 46.8 Å². The Morgan fingerprint density at radius 2 is 1.64 bits per heavy atom. The zero-order chi connectivity index (χ0) is 27.9. The number of ether oxygens (including phenoxy) is 1. The highest BCUT2D eigenvalue weighted by Gasteiger charge is 2.38. The normalized spacial score (nSPS) is 14.7. The van der Waals surface area contributed by atoms with Crippen LogP contribution in [0.25, 0.3) is 0 Å². The van der Waals surface area contributed by atoms with E-state index >= 15 is 0 Å². The highest BCUT2D eigenvalue weighted by Crippen LogP contribution is 2.26. The molecule has 3 aromatic carbocycles. The SMILES string of the molecule is Cc1ccc(NC(=O)COC(=O)[C@@H]2CC(=O)N(NC(=O)C(c3ccccc3)c3ccccc3)C2)cc1[N+](=O)[O-]. The topological polar surface area (TPSA) is 148 Å². The van der Waals surface area contributed by atoms with Crippen molar-refractivity contribution in [1.82, 2.24) is 10.4 Å². The minimum atomic E-state index is -0.877. The minimum absolute atomic E-state index is 0.106. The van der Waals surface area contributed by atoms with Crippen molar-refractivity contribution in [3.63, 3.8) is 0 Å². The standard InChI is InChI=1S/C28H26N4O7/c1-18-12-13-22(15-23(18)32(37)38)29-24(33)17-39-28(36)21-14-25(34)31(16-21)30-27(35)26(19-8-4-2-5-9-19)20-10-6-3-7-11-20/h2-13,15,21,26H,14,16-17H2,1H3,(H,29,33)(H,30,35)/t21-/m1/s1. The van der Waals surface area contributed by atoms with Gasteiger partial charge in [0.2, 0.25) is 5.91 Å². The van der Waals surface area contributed by atoms with Gasteiger partial charge < -0.3 is 10.1 Å². The fraction of sp³-hybridized carbons (Fsp3) is 0.214. The number of carbonyl (C=O) groups is 4. The molecular weight excluding hydrogens is 504 g/mol. The molecule has 1 saturated heterocycles. The first-order valence-corrected chi connectivity index (χ1v) is 12.1. The van der Waals surface area contributed by atoms with Crippen molar-refractivity contribution in [2.45, 2.75) is 19.3 Å². The van der Waals surface area contributed by atoms with Crippen molar-refractivity contribution in [3.8, 4) is 0 Å². The molecule has 0 spiro atoms. The van der Waals surface area contributed by atoms with Gasteiger partial charge in [-0.3, -0.25) is 39.7 Å². The number of anilines is 1. The van der Waals surface area contributed by atoms with Crippen LogP contribution in [-0.2, 0) is 23.9 Å². The van der Waals surface area contributed by atoms with Gasteiger partial charge in [-0.15, -0.1) is 0 Å². The van der Waals surface area contributed by atoms with Gasteiger partial charge >= 0.3 is 5.97 Å². The molecule has 0 aromatic heterocycles. The molecule has 3 amide bonds. The van der Waals surface area contributed by atoms with E-state index in [1.165, 1.54) is 18.2 Å². The van der Waals surface area contributed by atoms with Gasteiger partial charge in [0.1, 0.15) is 0 Å². The van der Waals surface area contributed by atoms with Crippen molar-refractivity contribution in [2.24, 2.45) is 5.92 Å². The summed E-state index contributed by atoms with van der Waals surface area (Å²) in [5.74, 6) is -3.90. The summed E-state index contributed by atoms with van der Waals surface area (Å²) in [7, 11) is 0. The summed E-state index contributed by atoms with van der Waals surface area (Å²) in [6.07, 6.45) is -0.188.